The summed E-state index contributed by atoms with van der Waals surface area (Å²) in [5, 5.41) is 11.4. The van der Waals surface area contributed by atoms with Crippen molar-refractivity contribution in [3.8, 4) is 0 Å². The Kier molecular flexibility index (Phi) is 6.04. The van der Waals surface area contributed by atoms with E-state index >= 15 is 0 Å². The minimum absolute atomic E-state index is 0.0347. The Labute approximate surface area is 113 Å². The molecule has 0 aliphatic carbocycles. The van der Waals surface area contributed by atoms with Gasteiger partial charge in [-0.05, 0) is 13.8 Å². The normalized spacial score (nSPS) is 18.4. The molecule has 7 heteroatoms. The van der Waals surface area contributed by atoms with Crippen molar-refractivity contribution >= 4 is 12.0 Å². The van der Waals surface area contributed by atoms with Gasteiger partial charge in [0.2, 0.25) is 0 Å². The van der Waals surface area contributed by atoms with Crippen LogP contribution in [0, 0.1) is 0 Å². The summed E-state index contributed by atoms with van der Waals surface area (Å²) in [6.45, 7) is 7.06. The van der Waals surface area contributed by atoms with E-state index in [0.29, 0.717) is 19.1 Å². The monoisotopic (exact) mass is 273 g/mol. The topological polar surface area (TPSA) is 82.1 Å². The van der Waals surface area contributed by atoms with Gasteiger partial charge in [-0.25, -0.2) is 9.59 Å². The van der Waals surface area contributed by atoms with Crippen LogP contribution in [-0.2, 0) is 9.53 Å². The molecular weight excluding hydrogens is 250 g/mol. The SMILES string of the molecule is COCC(NC(=O)N1CCN(C(C)C)CC1)C(=O)O. The van der Waals surface area contributed by atoms with Crippen LogP contribution in [0.3, 0.4) is 0 Å². The van der Waals surface area contributed by atoms with Gasteiger partial charge in [-0.3, -0.25) is 4.90 Å². The van der Waals surface area contributed by atoms with Crippen molar-refractivity contribution in [3.63, 3.8) is 0 Å². The molecule has 110 valence electrons. The Bertz CT molecular complexity index is 314. The summed E-state index contributed by atoms with van der Waals surface area (Å²) in [5.41, 5.74) is 0. The number of carboxylic acids is 1. The summed E-state index contributed by atoms with van der Waals surface area (Å²) >= 11 is 0. The highest BCUT2D eigenvalue weighted by Gasteiger charge is 2.26. The first-order valence-electron chi connectivity index (χ1n) is 6.47. The number of hydrogen-bond donors (Lipinski definition) is 2. The number of carboxylic acid groups (broad SMARTS) is 1. The van der Waals surface area contributed by atoms with Gasteiger partial charge in [-0.1, -0.05) is 0 Å². The summed E-state index contributed by atoms with van der Waals surface area (Å²) in [4.78, 5) is 26.8. The number of hydrogen-bond acceptors (Lipinski definition) is 4. The van der Waals surface area contributed by atoms with Crippen LogP contribution >= 0.6 is 0 Å². The summed E-state index contributed by atoms with van der Waals surface area (Å²) < 4.78 is 4.78. The summed E-state index contributed by atoms with van der Waals surface area (Å²) in [5.74, 6) is -1.09. The minimum atomic E-state index is -1.09. The van der Waals surface area contributed by atoms with Crippen LogP contribution in [0.2, 0.25) is 0 Å². The van der Waals surface area contributed by atoms with E-state index in [1.54, 1.807) is 4.90 Å². The van der Waals surface area contributed by atoms with Crippen LogP contribution in [0.4, 0.5) is 4.79 Å². The second kappa shape index (κ2) is 7.30. The summed E-state index contributed by atoms with van der Waals surface area (Å²) in [6.07, 6.45) is 0. The van der Waals surface area contributed by atoms with Gasteiger partial charge in [0.1, 0.15) is 0 Å². The van der Waals surface area contributed by atoms with Crippen LogP contribution in [0.5, 0.6) is 0 Å². The van der Waals surface area contributed by atoms with Crippen LogP contribution in [-0.4, -0.2) is 78.9 Å². The summed E-state index contributed by atoms with van der Waals surface area (Å²) in [7, 11) is 1.41. The molecule has 1 heterocycles. The van der Waals surface area contributed by atoms with Gasteiger partial charge in [0, 0.05) is 39.3 Å². The fourth-order valence-corrected chi connectivity index (χ4v) is 2.02. The molecule has 1 fully saturated rings. The molecule has 1 atom stereocenters. The number of aliphatic carboxylic acids is 1. The van der Waals surface area contributed by atoms with Crippen molar-refractivity contribution in [3.05, 3.63) is 0 Å². The van der Waals surface area contributed by atoms with Gasteiger partial charge < -0.3 is 20.1 Å². The second-order valence-electron chi connectivity index (χ2n) is 4.91. The Morgan fingerprint density at radius 2 is 1.84 bits per heavy atom. The van der Waals surface area contributed by atoms with E-state index in [2.05, 4.69) is 24.1 Å². The molecule has 2 amide bonds. The van der Waals surface area contributed by atoms with Crippen molar-refractivity contribution in [1.82, 2.24) is 15.1 Å². The van der Waals surface area contributed by atoms with Crippen molar-refractivity contribution < 1.29 is 19.4 Å². The standard InChI is InChI=1S/C12H23N3O4/c1-9(2)14-4-6-15(7-5-14)12(18)13-10(8-19-3)11(16)17/h9-10H,4-8H2,1-3H3,(H,13,18)(H,16,17). The van der Waals surface area contributed by atoms with E-state index in [4.69, 9.17) is 9.84 Å². The van der Waals surface area contributed by atoms with Gasteiger partial charge in [0.15, 0.2) is 6.04 Å². The third kappa shape index (κ3) is 4.68. The van der Waals surface area contributed by atoms with Gasteiger partial charge >= 0.3 is 12.0 Å². The number of piperazine rings is 1. The van der Waals surface area contributed by atoms with Gasteiger partial charge in [-0.2, -0.15) is 0 Å². The van der Waals surface area contributed by atoms with Crippen LogP contribution in [0.25, 0.3) is 0 Å². The Morgan fingerprint density at radius 3 is 2.26 bits per heavy atom. The fourth-order valence-electron chi connectivity index (χ4n) is 2.02. The first-order chi connectivity index (χ1) is 8.95. The molecule has 19 heavy (non-hydrogen) atoms. The third-order valence-electron chi connectivity index (χ3n) is 3.26. The molecule has 0 spiro atoms. The lowest BCUT2D eigenvalue weighted by Crippen LogP contribution is -2.56. The highest BCUT2D eigenvalue weighted by Crippen LogP contribution is 2.06. The maximum absolute atomic E-state index is 11.9. The zero-order valence-electron chi connectivity index (χ0n) is 11.8. The lowest BCUT2D eigenvalue weighted by atomic mass is 10.2. The lowest BCUT2D eigenvalue weighted by Gasteiger charge is -2.37. The van der Waals surface area contributed by atoms with Crippen molar-refractivity contribution in [2.75, 3.05) is 39.9 Å². The second-order valence-corrected chi connectivity index (χ2v) is 4.91. The molecule has 1 rings (SSSR count). The molecule has 0 bridgehead atoms. The smallest absolute Gasteiger partial charge is 0.328 e. The Morgan fingerprint density at radius 1 is 1.26 bits per heavy atom. The van der Waals surface area contributed by atoms with E-state index in [1.807, 2.05) is 0 Å². The number of rotatable bonds is 5. The first kappa shape index (κ1) is 15.7. The van der Waals surface area contributed by atoms with E-state index in [1.165, 1.54) is 7.11 Å². The molecular formula is C12H23N3O4. The minimum Gasteiger partial charge on any atom is -0.480 e. The van der Waals surface area contributed by atoms with Gasteiger partial charge in [0.25, 0.3) is 0 Å². The molecule has 7 nitrogen and oxygen atoms in total. The predicted octanol–water partition coefficient (Wildman–Crippen LogP) is -0.178. The average molecular weight is 273 g/mol. The molecule has 0 aromatic heterocycles. The predicted molar refractivity (Wildman–Crippen MR) is 70.1 cm³/mol. The number of carbonyl (C=O) groups is 2. The Balaban J connectivity index is 2.44. The van der Waals surface area contributed by atoms with Crippen molar-refractivity contribution in [2.45, 2.75) is 25.9 Å². The van der Waals surface area contributed by atoms with E-state index in [0.717, 1.165) is 13.1 Å². The van der Waals surface area contributed by atoms with E-state index in [-0.39, 0.29) is 12.6 Å². The fraction of sp³-hybridized carbons (Fsp3) is 0.833. The zero-order chi connectivity index (χ0) is 14.4. The number of urea groups is 1. The number of ether oxygens (including phenoxy) is 1. The number of nitrogens with one attached hydrogen (secondary N) is 1. The maximum atomic E-state index is 11.9. The Hall–Kier alpha value is -1.34. The number of methoxy groups -OCH3 is 1. The highest BCUT2D eigenvalue weighted by molar-refractivity contribution is 5.82. The molecule has 0 saturated carbocycles. The molecule has 1 aliphatic rings. The quantitative estimate of drug-likeness (QED) is 0.726. The largest absolute Gasteiger partial charge is 0.480 e. The third-order valence-corrected chi connectivity index (χ3v) is 3.26. The van der Waals surface area contributed by atoms with Crippen molar-refractivity contribution in [2.24, 2.45) is 0 Å². The molecule has 0 radical (unpaired) electrons. The number of carbonyl (C=O) groups excluding carboxylic acids is 1. The van der Waals surface area contributed by atoms with Crippen LogP contribution in [0.15, 0.2) is 0 Å². The molecule has 0 aromatic rings. The number of amides is 2. The maximum Gasteiger partial charge on any atom is 0.328 e. The lowest BCUT2D eigenvalue weighted by molar-refractivity contribution is -0.140. The average Bonchev–Trinajstić information content (AvgIpc) is 2.38. The number of nitrogens with zero attached hydrogens (tertiary/aromatic N) is 2. The first-order valence-corrected chi connectivity index (χ1v) is 6.47. The van der Waals surface area contributed by atoms with Gasteiger partial charge in [0.05, 0.1) is 6.61 Å². The zero-order valence-corrected chi connectivity index (χ0v) is 11.8. The highest BCUT2D eigenvalue weighted by atomic mass is 16.5. The van der Waals surface area contributed by atoms with Crippen molar-refractivity contribution in [1.29, 1.82) is 0 Å². The molecule has 1 saturated heterocycles. The van der Waals surface area contributed by atoms with Gasteiger partial charge in [-0.15, -0.1) is 0 Å². The molecule has 1 aliphatic heterocycles. The molecule has 2 N–H and O–H groups in total. The summed E-state index contributed by atoms with van der Waals surface area (Å²) in [6, 6.07) is -0.876. The molecule has 1 unspecified atom stereocenters. The van der Waals surface area contributed by atoms with Crippen LogP contribution < -0.4 is 5.32 Å². The molecule has 0 aromatic carbocycles. The van der Waals surface area contributed by atoms with E-state index < -0.39 is 12.0 Å². The van der Waals surface area contributed by atoms with Crippen LogP contribution in [0.1, 0.15) is 13.8 Å². The van der Waals surface area contributed by atoms with E-state index in [9.17, 15) is 9.59 Å².